The Kier molecular flexibility index (Phi) is 19.6. The molecule has 1 aromatic carbocycles. The maximum absolute atomic E-state index is 13.7. The lowest BCUT2D eigenvalue weighted by Gasteiger charge is -2.29. The van der Waals surface area contributed by atoms with Gasteiger partial charge in [-0.15, -0.1) is 0 Å². The van der Waals surface area contributed by atoms with Gasteiger partial charge in [-0.1, -0.05) is 46.2 Å². The fraction of sp³-hybridized carbons (Fsp3) is 0.606. The van der Waals surface area contributed by atoms with Gasteiger partial charge in [0.05, 0.1) is 6.04 Å². The molecule has 14 N–H and O–H groups in total. The smallest absolute Gasteiger partial charge is 0.312 e. The molecular weight excluding hydrogens is 667 g/mol. The molecule has 9 amide bonds. The largest absolute Gasteiger partial charge is 0.368 e. The lowest BCUT2D eigenvalue weighted by atomic mass is 9.95. The number of carbonyl (C=O) groups is 7. The molecule has 0 aliphatic heterocycles. The summed E-state index contributed by atoms with van der Waals surface area (Å²) in [5.41, 5.74) is 22.3. The topological polar surface area (TPSA) is 296 Å². The second kappa shape index (κ2) is 22.7. The summed E-state index contributed by atoms with van der Waals surface area (Å²) in [6, 6.07) is -1.74. The Hall–Kier alpha value is -5.00. The summed E-state index contributed by atoms with van der Waals surface area (Å²) in [6.07, 6.45) is 1.40. The summed E-state index contributed by atoms with van der Waals surface area (Å²) in [7, 11) is 0. The minimum absolute atomic E-state index is 0.00938. The molecule has 0 saturated carbocycles. The van der Waals surface area contributed by atoms with E-state index in [1.807, 2.05) is 20.8 Å². The van der Waals surface area contributed by atoms with Crippen LogP contribution in [0.15, 0.2) is 24.3 Å². The zero-order valence-corrected chi connectivity index (χ0v) is 29.8. The van der Waals surface area contributed by atoms with Crippen LogP contribution >= 0.6 is 0 Å². The number of rotatable bonds is 23. The quantitative estimate of drug-likeness (QED) is 0.0631. The standard InChI is InChI=1S/C33H55FN10O7/c1-5-19(4)26(31(49)42-24(27(36)45)17-20-10-12-21(34)13-11-20)44-30(48)25(16-18(2)3)43-29(47)23(9-7-15-40-33(38)51)41-28(46)22(35)8-6-14-39-32(37)50/h10-13,18-19,22-26H,5-9,14-17,35H2,1-4H3,(H2,36,45)(H,41,46)(H,42,49)(H,43,47)(H,44,48)(H3,37,39,50)(H3,38,40,51)/t19-,22-,23-,24-,25-,26-/m0/s1. The van der Waals surface area contributed by atoms with Crippen LogP contribution in [0, 0.1) is 17.7 Å². The molecule has 0 unspecified atom stereocenters. The van der Waals surface area contributed by atoms with Crippen LogP contribution in [0.25, 0.3) is 0 Å². The summed E-state index contributed by atoms with van der Waals surface area (Å²) >= 11 is 0. The van der Waals surface area contributed by atoms with Crippen LogP contribution in [-0.2, 0) is 30.4 Å². The number of hydrogen-bond acceptors (Lipinski definition) is 8. The summed E-state index contributed by atoms with van der Waals surface area (Å²) in [5, 5.41) is 15.4. The predicted molar refractivity (Wildman–Crippen MR) is 188 cm³/mol. The number of carbonyl (C=O) groups excluding carboxylic acids is 7. The van der Waals surface area contributed by atoms with Crippen molar-refractivity contribution in [2.24, 2.45) is 34.8 Å². The lowest BCUT2D eigenvalue weighted by Crippen LogP contribution is -2.60. The maximum Gasteiger partial charge on any atom is 0.312 e. The number of urea groups is 2. The predicted octanol–water partition coefficient (Wildman–Crippen LogP) is -0.891. The van der Waals surface area contributed by atoms with Gasteiger partial charge in [0.15, 0.2) is 0 Å². The molecule has 0 aliphatic carbocycles. The third-order valence-electron chi connectivity index (χ3n) is 8.08. The molecule has 51 heavy (non-hydrogen) atoms. The molecule has 0 fully saturated rings. The van der Waals surface area contributed by atoms with E-state index in [0.717, 1.165) is 0 Å². The summed E-state index contributed by atoms with van der Waals surface area (Å²) in [6.45, 7) is 7.51. The van der Waals surface area contributed by atoms with Crippen LogP contribution in [0.5, 0.6) is 0 Å². The van der Waals surface area contributed by atoms with E-state index in [1.165, 1.54) is 24.3 Å². The van der Waals surface area contributed by atoms with E-state index < -0.39 is 83.5 Å². The Labute approximate surface area is 297 Å². The molecule has 0 bridgehead atoms. The minimum atomic E-state index is -1.17. The Morgan fingerprint density at radius 1 is 0.686 bits per heavy atom. The normalized spacial score (nSPS) is 14.5. The van der Waals surface area contributed by atoms with Gasteiger partial charge in [-0.3, -0.25) is 24.0 Å². The van der Waals surface area contributed by atoms with Crippen LogP contribution in [0.2, 0.25) is 0 Å². The van der Waals surface area contributed by atoms with Crippen LogP contribution in [0.3, 0.4) is 0 Å². The highest BCUT2D eigenvalue weighted by Gasteiger charge is 2.33. The first-order valence-corrected chi connectivity index (χ1v) is 17.0. The van der Waals surface area contributed by atoms with Crippen molar-refractivity contribution in [3.8, 4) is 0 Å². The second-order valence-corrected chi connectivity index (χ2v) is 12.9. The fourth-order valence-corrected chi connectivity index (χ4v) is 5.00. The molecule has 0 heterocycles. The first kappa shape index (κ1) is 44.0. The van der Waals surface area contributed by atoms with Gasteiger partial charge >= 0.3 is 12.1 Å². The minimum Gasteiger partial charge on any atom is -0.368 e. The van der Waals surface area contributed by atoms with E-state index in [0.29, 0.717) is 18.4 Å². The molecular formula is C33H55FN10O7. The van der Waals surface area contributed by atoms with Crippen LogP contribution in [0.1, 0.15) is 71.8 Å². The van der Waals surface area contributed by atoms with Gasteiger partial charge in [-0.2, -0.15) is 0 Å². The highest BCUT2D eigenvalue weighted by molar-refractivity contribution is 5.96. The van der Waals surface area contributed by atoms with Gasteiger partial charge in [0.25, 0.3) is 0 Å². The Bertz CT molecular complexity index is 1330. The molecule has 0 spiro atoms. The number of benzene rings is 1. The average Bonchev–Trinajstić information content (AvgIpc) is 3.05. The number of nitrogens with one attached hydrogen (secondary N) is 6. The van der Waals surface area contributed by atoms with Gasteiger partial charge in [-0.25, -0.2) is 14.0 Å². The van der Waals surface area contributed by atoms with E-state index in [4.69, 9.17) is 22.9 Å². The van der Waals surface area contributed by atoms with E-state index in [2.05, 4.69) is 31.9 Å². The van der Waals surface area contributed by atoms with Crippen molar-refractivity contribution >= 4 is 41.6 Å². The number of primary amides is 3. The van der Waals surface area contributed by atoms with Crippen LogP contribution < -0.4 is 54.8 Å². The molecule has 1 aromatic rings. The van der Waals surface area contributed by atoms with Crippen molar-refractivity contribution in [1.82, 2.24) is 31.9 Å². The first-order chi connectivity index (χ1) is 23.9. The fourth-order valence-electron chi connectivity index (χ4n) is 5.00. The number of amides is 9. The van der Waals surface area contributed by atoms with Crippen molar-refractivity contribution in [3.05, 3.63) is 35.6 Å². The molecule has 17 nitrogen and oxygen atoms in total. The average molecular weight is 723 g/mol. The second-order valence-electron chi connectivity index (χ2n) is 12.9. The number of halogens is 1. The highest BCUT2D eigenvalue weighted by Crippen LogP contribution is 2.13. The first-order valence-electron chi connectivity index (χ1n) is 17.0. The van der Waals surface area contributed by atoms with Crippen molar-refractivity contribution in [2.45, 2.75) is 103 Å². The van der Waals surface area contributed by atoms with Crippen LogP contribution in [-0.4, -0.2) is 84.9 Å². The van der Waals surface area contributed by atoms with E-state index in [-0.39, 0.29) is 51.1 Å². The number of nitrogens with two attached hydrogens (primary N) is 4. The maximum atomic E-state index is 13.7. The summed E-state index contributed by atoms with van der Waals surface area (Å²) in [5.74, 6) is -4.51. The van der Waals surface area contributed by atoms with Crippen LogP contribution in [0.4, 0.5) is 14.0 Å². The monoisotopic (exact) mass is 722 g/mol. The van der Waals surface area contributed by atoms with Crippen molar-refractivity contribution in [2.75, 3.05) is 13.1 Å². The Balaban J connectivity index is 3.16. The highest BCUT2D eigenvalue weighted by atomic mass is 19.1. The molecule has 0 aromatic heterocycles. The van der Waals surface area contributed by atoms with Gasteiger partial charge in [0, 0.05) is 19.5 Å². The zero-order valence-electron chi connectivity index (χ0n) is 29.8. The molecule has 0 saturated heterocycles. The van der Waals surface area contributed by atoms with Gasteiger partial charge < -0.3 is 54.8 Å². The Morgan fingerprint density at radius 2 is 1.20 bits per heavy atom. The Morgan fingerprint density at radius 3 is 1.71 bits per heavy atom. The third-order valence-corrected chi connectivity index (χ3v) is 8.08. The van der Waals surface area contributed by atoms with Crippen molar-refractivity contribution in [1.29, 1.82) is 0 Å². The molecule has 6 atom stereocenters. The molecule has 18 heteroatoms. The molecule has 0 radical (unpaired) electrons. The van der Waals surface area contributed by atoms with Gasteiger partial charge in [-0.05, 0) is 61.6 Å². The zero-order chi connectivity index (χ0) is 38.7. The van der Waals surface area contributed by atoms with E-state index in [9.17, 15) is 38.0 Å². The molecule has 0 aliphatic rings. The van der Waals surface area contributed by atoms with Crippen molar-refractivity contribution in [3.63, 3.8) is 0 Å². The van der Waals surface area contributed by atoms with Crippen molar-refractivity contribution < 1.29 is 38.0 Å². The van der Waals surface area contributed by atoms with E-state index in [1.54, 1.807) is 6.92 Å². The SMILES string of the molecule is CC[C@H](C)[C@H](NC(=O)[C@H](CC(C)C)NC(=O)[C@H](CCCNC(N)=O)NC(=O)[C@@H](N)CCCNC(N)=O)C(=O)N[C@@H](Cc1ccc(F)cc1)C(N)=O. The van der Waals surface area contributed by atoms with E-state index >= 15 is 0 Å². The van der Waals surface area contributed by atoms with Gasteiger partial charge in [0.2, 0.25) is 29.5 Å². The molecule has 286 valence electrons. The third kappa shape index (κ3) is 17.5. The summed E-state index contributed by atoms with van der Waals surface area (Å²) in [4.78, 5) is 88.1. The molecule has 1 rings (SSSR count). The van der Waals surface area contributed by atoms with Gasteiger partial charge in [0.1, 0.15) is 30.0 Å². The lowest BCUT2D eigenvalue weighted by molar-refractivity contribution is -0.135. The summed E-state index contributed by atoms with van der Waals surface area (Å²) < 4.78 is 13.4. The number of hydrogen-bond donors (Lipinski definition) is 10.